The number of likely N-dealkylation sites (N-methyl/N-ethyl adjacent to an activating group) is 1. The standard InChI is InChI=1S/C29H43N3O2/c1-18-5-10-26-25(15-18)30-32(31(26)4)17-27(33)24-9-8-23-22-7-6-19-16-28(2,34)13-11-20(19)21(22)12-14-29(23,24)3/h5,10,15,19-24,26,34H,6-9,11-14,16-17H2,1-4H3/t19-,20+,21-,22-,23+,24-,26?,28-,29+/m1/s1. The van der Waals surface area contributed by atoms with E-state index in [2.05, 4.69) is 44.1 Å². The Bertz CT molecular complexity index is 951. The molecular weight excluding hydrogens is 422 g/mol. The Morgan fingerprint density at radius 2 is 1.88 bits per heavy atom. The van der Waals surface area contributed by atoms with Crippen molar-refractivity contribution >= 4 is 11.5 Å². The van der Waals surface area contributed by atoms with E-state index in [9.17, 15) is 9.90 Å². The molecule has 0 aromatic carbocycles. The van der Waals surface area contributed by atoms with Crippen molar-refractivity contribution in [1.29, 1.82) is 0 Å². The van der Waals surface area contributed by atoms with Gasteiger partial charge in [-0.2, -0.15) is 10.1 Å². The summed E-state index contributed by atoms with van der Waals surface area (Å²) in [6.07, 6.45) is 17.0. The molecule has 0 saturated heterocycles. The molecule has 6 rings (SSSR count). The van der Waals surface area contributed by atoms with Gasteiger partial charge in [0.1, 0.15) is 6.54 Å². The van der Waals surface area contributed by atoms with E-state index < -0.39 is 5.60 Å². The van der Waals surface area contributed by atoms with Gasteiger partial charge in [0.05, 0.1) is 17.4 Å². The van der Waals surface area contributed by atoms with E-state index in [1.165, 1.54) is 44.1 Å². The van der Waals surface area contributed by atoms with Crippen LogP contribution in [0.15, 0.2) is 28.9 Å². The first-order valence-electron chi connectivity index (χ1n) is 13.9. The SMILES string of the molecule is CC1=CC2=NN(CC(=O)[C@H]3CC[C@H]4[C@@H]5CC[C@@H]6C[C@](C)(O)CC[C@@H]6[C@H]5CC[C@]34C)N(C)C2C=C1. The summed E-state index contributed by atoms with van der Waals surface area (Å²) < 4.78 is 0. The summed E-state index contributed by atoms with van der Waals surface area (Å²) in [6.45, 7) is 7.00. The lowest BCUT2D eigenvalue weighted by atomic mass is 9.49. The summed E-state index contributed by atoms with van der Waals surface area (Å²) in [5.41, 5.74) is 1.97. The molecule has 0 aromatic heterocycles. The van der Waals surface area contributed by atoms with Gasteiger partial charge in [-0.05, 0) is 118 Å². The smallest absolute Gasteiger partial charge is 0.159 e. The fraction of sp³-hybridized carbons (Fsp3) is 0.793. The quantitative estimate of drug-likeness (QED) is 0.639. The lowest BCUT2D eigenvalue weighted by molar-refractivity contribution is -0.137. The van der Waals surface area contributed by atoms with Crippen LogP contribution >= 0.6 is 0 Å². The van der Waals surface area contributed by atoms with E-state index in [0.717, 1.165) is 42.7 Å². The van der Waals surface area contributed by atoms with Crippen molar-refractivity contribution in [3.05, 3.63) is 23.8 Å². The summed E-state index contributed by atoms with van der Waals surface area (Å²) in [5.74, 6) is 4.40. The maximum absolute atomic E-state index is 13.7. The van der Waals surface area contributed by atoms with E-state index in [0.29, 0.717) is 24.2 Å². The van der Waals surface area contributed by atoms with Gasteiger partial charge in [0, 0.05) is 13.0 Å². The van der Waals surface area contributed by atoms with Crippen molar-refractivity contribution in [1.82, 2.24) is 10.1 Å². The third kappa shape index (κ3) is 3.56. The molecule has 34 heavy (non-hydrogen) atoms. The van der Waals surface area contributed by atoms with Crippen molar-refractivity contribution in [2.24, 2.45) is 46.0 Å². The van der Waals surface area contributed by atoms with Gasteiger partial charge in [-0.1, -0.05) is 19.1 Å². The number of hydrogen-bond acceptors (Lipinski definition) is 5. The Hall–Kier alpha value is -1.46. The maximum Gasteiger partial charge on any atom is 0.159 e. The van der Waals surface area contributed by atoms with Crippen LogP contribution in [0.1, 0.15) is 78.6 Å². The van der Waals surface area contributed by atoms with E-state index in [-0.39, 0.29) is 17.4 Å². The van der Waals surface area contributed by atoms with Crippen molar-refractivity contribution in [3.8, 4) is 0 Å². The number of carbonyl (C=O) groups excluding carboxylic acids is 1. The van der Waals surface area contributed by atoms with Gasteiger partial charge in [-0.15, -0.1) is 0 Å². The molecule has 0 bridgehead atoms. The van der Waals surface area contributed by atoms with Crippen molar-refractivity contribution in [2.75, 3.05) is 13.6 Å². The molecule has 4 saturated carbocycles. The third-order valence-corrected chi connectivity index (χ3v) is 11.1. The number of hydrazone groups is 1. The number of hydrazine groups is 1. The fourth-order valence-electron chi connectivity index (χ4n) is 9.47. The topological polar surface area (TPSA) is 56.1 Å². The average molecular weight is 466 g/mol. The third-order valence-electron chi connectivity index (χ3n) is 11.1. The van der Waals surface area contributed by atoms with Gasteiger partial charge in [0.2, 0.25) is 0 Å². The highest BCUT2D eigenvalue weighted by molar-refractivity contribution is 6.03. The van der Waals surface area contributed by atoms with Crippen molar-refractivity contribution in [3.63, 3.8) is 0 Å². The lowest BCUT2D eigenvalue weighted by Gasteiger charge is -2.56. The number of carbonyl (C=O) groups is 1. The number of rotatable bonds is 3. The Morgan fingerprint density at radius 3 is 2.71 bits per heavy atom. The number of Topliss-reactive ketones (excluding diaryl/α,β-unsaturated/α-hetero) is 1. The molecular formula is C29H43N3O2. The number of allylic oxidation sites excluding steroid dienone is 2. The molecule has 1 heterocycles. The monoisotopic (exact) mass is 465 g/mol. The normalized spacial score (nSPS) is 47.9. The number of fused-ring (bicyclic) bond motifs is 6. The molecule has 9 atom stereocenters. The molecule has 4 fully saturated rings. The molecule has 0 amide bonds. The van der Waals surface area contributed by atoms with Crippen LogP contribution in [0.2, 0.25) is 0 Å². The maximum atomic E-state index is 13.7. The molecule has 5 aliphatic carbocycles. The van der Waals surface area contributed by atoms with Crippen molar-refractivity contribution < 1.29 is 9.90 Å². The summed E-state index contributed by atoms with van der Waals surface area (Å²) >= 11 is 0. The van der Waals surface area contributed by atoms with Gasteiger partial charge >= 0.3 is 0 Å². The summed E-state index contributed by atoms with van der Waals surface area (Å²) in [6, 6.07) is 0.158. The first kappa shape index (κ1) is 23.0. The summed E-state index contributed by atoms with van der Waals surface area (Å²) in [5, 5.41) is 19.5. The Balaban J connectivity index is 1.15. The molecule has 0 spiro atoms. The van der Waals surface area contributed by atoms with E-state index in [1.54, 1.807) is 0 Å². The number of nitrogens with zero attached hydrogens (tertiary/aromatic N) is 3. The van der Waals surface area contributed by atoms with Gasteiger partial charge in [-0.3, -0.25) is 4.79 Å². The van der Waals surface area contributed by atoms with Crippen LogP contribution < -0.4 is 0 Å². The zero-order chi connectivity index (χ0) is 23.8. The van der Waals surface area contributed by atoms with Crippen LogP contribution in [0.25, 0.3) is 0 Å². The highest BCUT2D eigenvalue weighted by Crippen LogP contribution is 2.64. The molecule has 5 nitrogen and oxygen atoms in total. The average Bonchev–Trinajstić information content (AvgIpc) is 3.29. The van der Waals surface area contributed by atoms with Crippen LogP contribution in [0, 0.1) is 40.9 Å². The lowest BCUT2D eigenvalue weighted by Crippen LogP contribution is -2.51. The van der Waals surface area contributed by atoms with E-state index in [4.69, 9.17) is 5.10 Å². The summed E-state index contributed by atoms with van der Waals surface area (Å²) in [4.78, 5) is 13.7. The minimum absolute atomic E-state index is 0.153. The predicted molar refractivity (Wildman–Crippen MR) is 135 cm³/mol. The minimum atomic E-state index is -0.448. The second-order valence-electron chi connectivity index (χ2n) is 13.1. The number of aliphatic hydroxyl groups is 1. The van der Waals surface area contributed by atoms with Gasteiger partial charge < -0.3 is 5.11 Å². The number of ketones is 1. The second-order valence-corrected chi connectivity index (χ2v) is 13.1. The Morgan fingerprint density at radius 1 is 1.09 bits per heavy atom. The van der Waals surface area contributed by atoms with Gasteiger partial charge in [0.25, 0.3) is 0 Å². The van der Waals surface area contributed by atoms with Crippen molar-refractivity contribution in [2.45, 2.75) is 90.2 Å². The first-order chi connectivity index (χ1) is 16.2. The van der Waals surface area contributed by atoms with Crippen LogP contribution in [-0.2, 0) is 4.79 Å². The van der Waals surface area contributed by atoms with Crippen LogP contribution in [0.5, 0.6) is 0 Å². The summed E-state index contributed by atoms with van der Waals surface area (Å²) in [7, 11) is 2.05. The van der Waals surface area contributed by atoms with Crippen LogP contribution in [0.4, 0.5) is 0 Å². The zero-order valence-electron chi connectivity index (χ0n) is 21.5. The molecule has 5 heteroatoms. The fourth-order valence-corrected chi connectivity index (χ4v) is 9.47. The Kier molecular flexibility index (Phi) is 5.42. The first-order valence-corrected chi connectivity index (χ1v) is 13.9. The van der Waals surface area contributed by atoms with Crippen LogP contribution in [-0.4, -0.2) is 52.0 Å². The van der Waals surface area contributed by atoms with E-state index >= 15 is 0 Å². The van der Waals surface area contributed by atoms with Gasteiger partial charge in [-0.25, -0.2) is 5.12 Å². The molecule has 0 radical (unpaired) electrons. The van der Waals surface area contributed by atoms with Crippen LogP contribution in [0.3, 0.4) is 0 Å². The molecule has 1 aliphatic heterocycles. The largest absolute Gasteiger partial charge is 0.390 e. The molecule has 1 unspecified atom stereocenters. The highest BCUT2D eigenvalue weighted by atomic mass is 16.3. The van der Waals surface area contributed by atoms with E-state index in [1.807, 2.05) is 12.0 Å². The molecule has 6 aliphatic rings. The Labute approximate surface area is 205 Å². The molecule has 0 aromatic rings. The highest BCUT2D eigenvalue weighted by Gasteiger charge is 2.59. The minimum Gasteiger partial charge on any atom is -0.390 e. The number of hydrogen-bond donors (Lipinski definition) is 1. The van der Waals surface area contributed by atoms with Gasteiger partial charge in [0.15, 0.2) is 5.78 Å². The molecule has 186 valence electrons. The zero-order valence-corrected chi connectivity index (χ0v) is 21.5. The molecule has 1 N–H and O–H groups in total. The predicted octanol–water partition coefficient (Wildman–Crippen LogP) is 4.98. The second kappa shape index (κ2) is 8.03.